The first-order chi connectivity index (χ1) is 12.6. The quantitative estimate of drug-likeness (QED) is 0.369. The van der Waals surface area contributed by atoms with Crippen LogP contribution >= 0.6 is 0 Å². The normalized spacial score (nSPS) is 16.2. The van der Waals surface area contributed by atoms with E-state index in [1.807, 2.05) is 0 Å². The molecule has 1 amide bonds. The third kappa shape index (κ3) is 7.97. The van der Waals surface area contributed by atoms with Gasteiger partial charge >= 0.3 is 10.2 Å². The van der Waals surface area contributed by atoms with Crippen molar-refractivity contribution in [1.82, 2.24) is 9.44 Å². The van der Waals surface area contributed by atoms with Gasteiger partial charge in [-0.15, -0.1) is 0 Å². The van der Waals surface area contributed by atoms with Crippen molar-refractivity contribution in [3.63, 3.8) is 0 Å². The minimum Gasteiger partial charge on any atom is -0.506 e. The number of aromatic hydroxyl groups is 1. The molecule has 160 valence electrons. The van der Waals surface area contributed by atoms with Crippen LogP contribution in [0.2, 0.25) is 0 Å². The van der Waals surface area contributed by atoms with Crippen LogP contribution in [-0.2, 0) is 41.6 Å². The molecule has 1 aromatic carbocycles. The van der Waals surface area contributed by atoms with E-state index >= 15 is 0 Å². The van der Waals surface area contributed by atoms with E-state index in [2.05, 4.69) is 4.72 Å². The average molecular weight is 460 g/mol. The highest BCUT2D eigenvalue weighted by atomic mass is 32.2. The van der Waals surface area contributed by atoms with Gasteiger partial charge in [0.15, 0.2) is 0 Å². The van der Waals surface area contributed by atoms with Crippen molar-refractivity contribution in [2.45, 2.75) is 13.3 Å². The summed E-state index contributed by atoms with van der Waals surface area (Å²) in [5, 5.41) is 9.95. The lowest BCUT2D eigenvalue weighted by atomic mass is 10.1. The molecule has 0 saturated carbocycles. The number of benzene rings is 1. The molecular weight excluding hydrogens is 438 g/mol. The van der Waals surface area contributed by atoms with Gasteiger partial charge in [0.05, 0.1) is 17.7 Å². The van der Waals surface area contributed by atoms with Crippen LogP contribution in [0.25, 0.3) is 0 Å². The third-order valence-corrected chi connectivity index (χ3v) is 6.12. The molecule has 2 rings (SSSR count). The van der Waals surface area contributed by atoms with Crippen LogP contribution in [0.1, 0.15) is 12.5 Å². The molecule has 1 aromatic rings. The Morgan fingerprint density at radius 2 is 1.82 bits per heavy atom. The SMILES string of the molecule is CCS(=O)(=O)O.CS(=O)(=O)NCCc1ccc(N2CC(=O)NS2(=O)=O)c(O)c1. The maximum absolute atomic E-state index is 11.7. The van der Waals surface area contributed by atoms with Crippen molar-refractivity contribution in [1.29, 1.82) is 0 Å². The molecule has 4 N–H and O–H groups in total. The summed E-state index contributed by atoms with van der Waals surface area (Å²) in [5.41, 5.74) is 0.603. The van der Waals surface area contributed by atoms with Gasteiger partial charge in [0.25, 0.3) is 16.0 Å². The summed E-state index contributed by atoms with van der Waals surface area (Å²) in [6.07, 6.45) is 1.36. The van der Waals surface area contributed by atoms with Crippen LogP contribution in [0.5, 0.6) is 5.75 Å². The van der Waals surface area contributed by atoms with Crippen LogP contribution in [-0.4, -0.2) is 65.9 Å². The lowest BCUT2D eigenvalue weighted by Crippen LogP contribution is -2.29. The van der Waals surface area contributed by atoms with Gasteiger partial charge in [-0.2, -0.15) is 16.8 Å². The fraction of sp³-hybridized carbons (Fsp3) is 0.462. The second-order valence-corrected chi connectivity index (χ2v) is 10.8. The molecule has 15 heteroatoms. The molecule has 1 aliphatic heterocycles. The Bertz CT molecular complexity index is 1030. The number of phenols is 1. The molecule has 0 aliphatic carbocycles. The van der Waals surface area contributed by atoms with Crippen molar-refractivity contribution in [2.75, 3.05) is 29.4 Å². The monoisotopic (exact) mass is 459 g/mol. The second kappa shape index (κ2) is 9.04. The highest BCUT2D eigenvalue weighted by Gasteiger charge is 2.35. The zero-order valence-corrected chi connectivity index (χ0v) is 17.4. The Labute approximate surface area is 163 Å². The topological polar surface area (TPSA) is 187 Å². The Balaban J connectivity index is 0.000000568. The molecule has 0 spiro atoms. The molecule has 0 unspecified atom stereocenters. The molecule has 12 nitrogen and oxygen atoms in total. The van der Waals surface area contributed by atoms with E-state index in [-0.39, 0.29) is 23.7 Å². The highest BCUT2D eigenvalue weighted by molar-refractivity contribution is 7.92. The van der Waals surface area contributed by atoms with Gasteiger partial charge < -0.3 is 5.11 Å². The maximum atomic E-state index is 11.7. The first-order valence-corrected chi connectivity index (χ1v) is 12.6. The van der Waals surface area contributed by atoms with Gasteiger partial charge in [0.2, 0.25) is 10.0 Å². The van der Waals surface area contributed by atoms with E-state index in [1.165, 1.54) is 19.1 Å². The molecule has 0 aromatic heterocycles. The number of carbonyl (C=O) groups excluding carboxylic acids is 1. The van der Waals surface area contributed by atoms with E-state index in [4.69, 9.17) is 4.55 Å². The summed E-state index contributed by atoms with van der Waals surface area (Å²) in [4.78, 5) is 11.2. The van der Waals surface area contributed by atoms with Crippen LogP contribution in [0.3, 0.4) is 0 Å². The number of nitrogens with one attached hydrogen (secondary N) is 2. The van der Waals surface area contributed by atoms with E-state index < -0.39 is 42.8 Å². The third-order valence-electron chi connectivity index (χ3n) is 3.27. The predicted molar refractivity (Wildman–Crippen MR) is 101 cm³/mol. The van der Waals surface area contributed by atoms with E-state index in [9.17, 15) is 35.2 Å². The van der Waals surface area contributed by atoms with Crippen LogP contribution in [0.4, 0.5) is 5.69 Å². The lowest BCUT2D eigenvalue weighted by molar-refractivity contribution is -0.117. The van der Waals surface area contributed by atoms with Crippen molar-refractivity contribution >= 4 is 41.9 Å². The molecule has 0 radical (unpaired) electrons. The number of carbonyl (C=O) groups is 1. The number of amides is 1. The van der Waals surface area contributed by atoms with Gasteiger partial charge in [0.1, 0.15) is 12.3 Å². The average Bonchev–Trinajstić information content (AvgIpc) is 2.78. The number of sulfonamides is 1. The van der Waals surface area contributed by atoms with E-state index in [0.717, 1.165) is 10.6 Å². The molecule has 1 aliphatic rings. The summed E-state index contributed by atoms with van der Waals surface area (Å²) in [6, 6.07) is 4.25. The lowest BCUT2D eigenvalue weighted by Gasteiger charge is -2.16. The Kier molecular flexibility index (Phi) is 7.78. The number of anilines is 1. The van der Waals surface area contributed by atoms with Gasteiger partial charge in [0, 0.05) is 6.54 Å². The van der Waals surface area contributed by atoms with Crippen molar-refractivity contribution < 1.29 is 39.7 Å². The van der Waals surface area contributed by atoms with Crippen LogP contribution in [0, 0.1) is 0 Å². The number of hydrogen-bond acceptors (Lipinski definition) is 8. The number of rotatable bonds is 6. The zero-order chi connectivity index (χ0) is 21.8. The molecule has 1 fully saturated rings. The Hall–Kier alpha value is -1.94. The molecule has 0 bridgehead atoms. The molecule has 0 atom stereocenters. The van der Waals surface area contributed by atoms with E-state index in [1.54, 1.807) is 10.8 Å². The largest absolute Gasteiger partial charge is 0.506 e. The van der Waals surface area contributed by atoms with Gasteiger partial charge in [-0.05, 0) is 31.0 Å². The van der Waals surface area contributed by atoms with E-state index in [0.29, 0.717) is 12.0 Å². The molecule has 28 heavy (non-hydrogen) atoms. The van der Waals surface area contributed by atoms with Crippen LogP contribution in [0.15, 0.2) is 18.2 Å². The second-order valence-electron chi connectivity index (χ2n) is 5.65. The Morgan fingerprint density at radius 1 is 1.25 bits per heavy atom. The first-order valence-electron chi connectivity index (χ1n) is 7.69. The van der Waals surface area contributed by atoms with Crippen molar-refractivity contribution in [3.05, 3.63) is 23.8 Å². The van der Waals surface area contributed by atoms with Gasteiger partial charge in [-0.3, -0.25) is 9.35 Å². The van der Waals surface area contributed by atoms with Crippen molar-refractivity contribution in [2.24, 2.45) is 0 Å². The zero-order valence-electron chi connectivity index (χ0n) is 15.0. The Morgan fingerprint density at radius 3 is 2.21 bits per heavy atom. The molecule has 1 heterocycles. The number of nitrogens with zero attached hydrogens (tertiary/aromatic N) is 1. The summed E-state index contributed by atoms with van der Waals surface area (Å²) < 4.78 is 77.1. The number of hydrogen-bond donors (Lipinski definition) is 4. The minimum absolute atomic E-state index is 0.0156. The highest BCUT2D eigenvalue weighted by Crippen LogP contribution is 2.31. The number of phenolic OH excluding ortho intramolecular Hbond substituents is 1. The maximum Gasteiger partial charge on any atom is 0.326 e. The summed E-state index contributed by atoms with van der Waals surface area (Å²) >= 11 is 0. The summed E-state index contributed by atoms with van der Waals surface area (Å²) in [7, 11) is -10.9. The standard InChI is InChI=1S/C11H15N3O6S2.C2H6O3S/c1-21(17,18)12-5-4-8-2-3-9(10(15)6-8)14-7-11(16)13-22(14,19)20;1-2-6(3,4)5/h2-3,6,12,15H,4-5,7H2,1H3,(H,13,16);2H2,1H3,(H,3,4,5). The summed E-state index contributed by atoms with van der Waals surface area (Å²) in [5.74, 6) is -1.19. The minimum atomic E-state index is -3.98. The predicted octanol–water partition coefficient (Wildman–Crippen LogP) is -1.44. The fourth-order valence-corrected chi connectivity index (χ4v) is 3.61. The fourth-order valence-electron chi connectivity index (χ4n) is 1.98. The summed E-state index contributed by atoms with van der Waals surface area (Å²) in [6.45, 7) is 1.12. The van der Waals surface area contributed by atoms with Crippen LogP contribution < -0.4 is 13.7 Å². The van der Waals surface area contributed by atoms with Gasteiger partial charge in [-0.25, -0.2) is 22.2 Å². The first kappa shape index (κ1) is 24.1. The smallest absolute Gasteiger partial charge is 0.326 e. The molecular formula is C13H21N3O9S3. The van der Waals surface area contributed by atoms with Crippen molar-refractivity contribution in [3.8, 4) is 5.75 Å². The van der Waals surface area contributed by atoms with Gasteiger partial charge in [-0.1, -0.05) is 6.07 Å². The molecule has 1 saturated heterocycles.